The van der Waals surface area contributed by atoms with Crippen LogP contribution in [0.3, 0.4) is 0 Å². The quantitative estimate of drug-likeness (QED) is 0.387. The lowest BCUT2D eigenvalue weighted by molar-refractivity contribution is -0.141. The first-order valence-electron chi connectivity index (χ1n) is 11.0. The maximum absolute atomic E-state index is 13.3. The summed E-state index contributed by atoms with van der Waals surface area (Å²) >= 11 is 0. The normalized spacial score (nSPS) is 15.0. The van der Waals surface area contributed by atoms with Crippen LogP contribution in [0.1, 0.15) is 12.5 Å². The van der Waals surface area contributed by atoms with Crippen LogP contribution in [0.5, 0.6) is 5.75 Å². The number of amides is 2. The first-order chi connectivity index (χ1) is 17.0. The minimum atomic E-state index is -0.614. The van der Waals surface area contributed by atoms with Crippen LogP contribution in [0, 0.1) is 11.3 Å². The third-order valence-electron chi connectivity index (χ3n) is 5.75. The van der Waals surface area contributed by atoms with Crippen LogP contribution in [0.15, 0.2) is 77.5 Å². The van der Waals surface area contributed by atoms with Gasteiger partial charge in [-0.1, -0.05) is 30.3 Å². The number of aromatic nitrogens is 2. The van der Waals surface area contributed by atoms with Gasteiger partial charge in [0.15, 0.2) is 0 Å². The van der Waals surface area contributed by atoms with E-state index in [1.54, 1.807) is 24.8 Å². The number of methoxy groups -OCH3 is 2. The van der Waals surface area contributed by atoms with E-state index in [1.807, 2.05) is 66.9 Å². The molecule has 0 atom stereocenters. The van der Waals surface area contributed by atoms with E-state index in [2.05, 4.69) is 0 Å². The van der Waals surface area contributed by atoms with E-state index in [1.165, 1.54) is 7.11 Å². The van der Waals surface area contributed by atoms with Crippen molar-refractivity contribution in [1.82, 2.24) is 14.7 Å². The molecule has 2 amide bonds. The van der Waals surface area contributed by atoms with Gasteiger partial charge in [0.05, 0.1) is 25.9 Å². The molecule has 0 unspecified atom stereocenters. The molecule has 8 heteroatoms. The Bertz CT molecular complexity index is 1380. The molecule has 4 rings (SSSR count). The predicted octanol–water partition coefficient (Wildman–Crippen LogP) is 3.79. The fraction of sp³-hybridized carbons (Fsp3) is 0.185. The third kappa shape index (κ3) is 4.63. The second-order valence-electron chi connectivity index (χ2n) is 7.87. The lowest BCUT2D eigenvalue weighted by Crippen LogP contribution is -2.44. The Morgan fingerprint density at radius 2 is 1.83 bits per heavy atom. The van der Waals surface area contributed by atoms with E-state index >= 15 is 0 Å². The number of carbonyl (C=O) groups excluding carboxylic acids is 2. The highest BCUT2D eigenvalue weighted by atomic mass is 16.5. The average Bonchev–Trinajstić information content (AvgIpc) is 3.31. The maximum Gasteiger partial charge on any atom is 0.271 e. The summed E-state index contributed by atoms with van der Waals surface area (Å²) < 4.78 is 12.2. The molecule has 0 radical (unpaired) electrons. The summed E-state index contributed by atoms with van der Waals surface area (Å²) in [5.74, 6) is -0.423. The summed E-state index contributed by atoms with van der Waals surface area (Å²) in [6.45, 7) is 1.83. The van der Waals surface area contributed by atoms with Gasteiger partial charge in [-0.25, -0.2) is 4.68 Å². The molecule has 3 aromatic rings. The Morgan fingerprint density at radius 1 is 1.06 bits per heavy atom. The summed E-state index contributed by atoms with van der Waals surface area (Å²) in [5.41, 5.74) is 3.45. The minimum Gasteiger partial charge on any atom is -0.497 e. The lowest BCUT2D eigenvalue weighted by Gasteiger charge is -2.27. The van der Waals surface area contributed by atoms with Crippen LogP contribution in [0.4, 0.5) is 0 Å². The number of para-hydroxylation sites is 1. The predicted molar refractivity (Wildman–Crippen MR) is 130 cm³/mol. The molecule has 0 N–H and O–H groups in total. The molecule has 35 heavy (non-hydrogen) atoms. The highest BCUT2D eigenvalue weighted by Crippen LogP contribution is 2.32. The van der Waals surface area contributed by atoms with E-state index in [0.717, 1.165) is 16.2 Å². The van der Waals surface area contributed by atoms with Crippen molar-refractivity contribution in [3.8, 4) is 28.8 Å². The van der Waals surface area contributed by atoms with Crippen molar-refractivity contribution in [3.63, 3.8) is 0 Å². The number of nitrogens with zero attached hydrogens (tertiary/aromatic N) is 4. The van der Waals surface area contributed by atoms with Gasteiger partial charge >= 0.3 is 0 Å². The van der Waals surface area contributed by atoms with E-state index in [4.69, 9.17) is 14.6 Å². The summed E-state index contributed by atoms with van der Waals surface area (Å²) in [5, 5.41) is 14.4. The Balaban J connectivity index is 1.90. The number of rotatable bonds is 7. The van der Waals surface area contributed by atoms with Crippen molar-refractivity contribution in [3.05, 3.63) is 83.1 Å². The molecule has 1 aliphatic heterocycles. The van der Waals surface area contributed by atoms with E-state index in [-0.39, 0.29) is 24.3 Å². The molecule has 1 aliphatic rings. The number of carbonyl (C=O) groups is 2. The molecular formula is C27H24N4O4. The summed E-state index contributed by atoms with van der Waals surface area (Å²) in [6.07, 6.45) is 3.50. The van der Waals surface area contributed by atoms with Gasteiger partial charge < -0.3 is 9.47 Å². The topological polar surface area (TPSA) is 97.5 Å². The fourth-order valence-electron chi connectivity index (χ4n) is 3.87. The van der Waals surface area contributed by atoms with Crippen LogP contribution in [-0.2, 0) is 14.3 Å². The fourth-order valence-corrected chi connectivity index (χ4v) is 3.87. The number of nitriles is 1. The van der Waals surface area contributed by atoms with Crippen LogP contribution in [0.25, 0.3) is 23.0 Å². The molecule has 2 heterocycles. The van der Waals surface area contributed by atoms with Crippen LogP contribution in [0.2, 0.25) is 0 Å². The molecular weight excluding hydrogens is 444 g/mol. The molecule has 1 aromatic heterocycles. The summed E-state index contributed by atoms with van der Waals surface area (Å²) in [6, 6.07) is 19.0. The second-order valence-corrected chi connectivity index (χ2v) is 7.87. The van der Waals surface area contributed by atoms with Gasteiger partial charge in [0.2, 0.25) is 0 Å². The monoisotopic (exact) mass is 468 g/mol. The number of hydrogen-bond donors (Lipinski definition) is 0. The van der Waals surface area contributed by atoms with Gasteiger partial charge in [0, 0.05) is 30.0 Å². The molecule has 0 aliphatic carbocycles. The minimum absolute atomic E-state index is 0.0516. The average molecular weight is 469 g/mol. The van der Waals surface area contributed by atoms with Gasteiger partial charge in [-0.2, -0.15) is 10.4 Å². The number of hydrogen-bond acceptors (Lipinski definition) is 6. The summed E-state index contributed by atoms with van der Waals surface area (Å²) in [7, 11) is 3.08. The SMILES string of the molecule is COCCN1C(=O)C(C#N)=C(C)/C(=C\c2cn(-c3ccccc3)nc2-c2cccc(OC)c2)C1=O. The van der Waals surface area contributed by atoms with Crippen molar-refractivity contribution < 1.29 is 19.1 Å². The zero-order valence-electron chi connectivity index (χ0n) is 19.7. The molecule has 0 saturated carbocycles. The van der Waals surface area contributed by atoms with Gasteiger partial charge in [-0.05, 0) is 42.8 Å². The van der Waals surface area contributed by atoms with Crippen molar-refractivity contribution in [1.29, 1.82) is 5.26 Å². The third-order valence-corrected chi connectivity index (χ3v) is 5.75. The van der Waals surface area contributed by atoms with E-state index < -0.39 is 11.8 Å². The van der Waals surface area contributed by atoms with Crippen LogP contribution >= 0.6 is 0 Å². The van der Waals surface area contributed by atoms with Gasteiger partial charge in [0.25, 0.3) is 11.8 Å². The van der Waals surface area contributed by atoms with Gasteiger partial charge in [-0.3, -0.25) is 14.5 Å². The molecule has 176 valence electrons. The molecule has 0 fully saturated rings. The number of ether oxygens (including phenoxy) is 2. The molecule has 0 bridgehead atoms. The number of benzene rings is 2. The van der Waals surface area contributed by atoms with Crippen LogP contribution in [-0.4, -0.2) is 53.9 Å². The first kappa shape index (κ1) is 23.7. The molecule has 0 saturated heterocycles. The highest BCUT2D eigenvalue weighted by molar-refractivity contribution is 6.19. The standard InChI is InChI=1S/C27H24N4O4/c1-18-23(26(32)30(12-13-34-2)27(33)24(18)16-28)15-20-17-31(21-9-5-4-6-10-21)29-25(20)19-8-7-11-22(14-19)35-3/h4-11,14-15,17H,12-13H2,1-3H3/b23-15+. The van der Waals surface area contributed by atoms with Crippen molar-refractivity contribution in [2.24, 2.45) is 0 Å². The largest absolute Gasteiger partial charge is 0.497 e. The van der Waals surface area contributed by atoms with Crippen molar-refractivity contribution >= 4 is 17.9 Å². The summed E-state index contributed by atoms with van der Waals surface area (Å²) in [4.78, 5) is 27.1. The number of imide groups is 1. The Hall–Kier alpha value is -4.48. The Labute approximate surface area is 203 Å². The molecule has 2 aromatic carbocycles. The Kier molecular flexibility index (Phi) is 6.90. The van der Waals surface area contributed by atoms with Crippen molar-refractivity contribution in [2.75, 3.05) is 27.4 Å². The van der Waals surface area contributed by atoms with Crippen molar-refractivity contribution in [2.45, 2.75) is 6.92 Å². The maximum atomic E-state index is 13.3. The molecule has 8 nitrogen and oxygen atoms in total. The zero-order valence-corrected chi connectivity index (χ0v) is 19.7. The van der Waals surface area contributed by atoms with E-state index in [9.17, 15) is 14.9 Å². The molecule has 0 spiro atoms. The van der Waals surface area contributed by atoms with Gasteiger partial charge in [0.1, 0.15) is 23.1 Å². The van der Waals surface area contributed by atoms with Crippen LogP contribution < -0.4 is 4.74 Å². The first-order valence-corrected chi connectivity index (χ1v) is 11.0. The van der Waals surface area contributed by atoms with Gasteiger partial charge in [-0.15, -0.1) is 0 Å². The highest BCUT2D eigenvalue weighted by Gasteiger charge is 2.35. The Morgan fingerprint density at radius 3 is 2.51 bits per heavy atom. The zero-order chi connectivity index (χ0) is 24.9. The second kappa shape index (κ2) is 10.2. The smallest absolute Gasteiger partial charge is 0.271 e. The van der Waals surface area contributed by atoms with E-state index in [0.29, 0.717) is 22.6 Å². The lowest BCUT2D eigenvalue weighted by atomic mass is 9.93.